The zero-order valence-electron chi connectivity index (χ0n) is 12.8. The maximum absolute atomic E-state index is 11.5. The summed E-state index contributed by atoms with van der Waals surface area (Å²) in [5, 5.41) is 5.86. The van der Waals surface area contributed by atoms with Gasteiger partial charge in [0.05, 0.1) is 17.9 Å². The Hall–Kier alpha value is -1.88. The smallest absolute Gasteiger partial charge is 0.340 e. The van der Waals surface area contributed by atoms with E-state index in [-0.39, 0.29) is 5.91 Å². The first-order valence-corrected chi connectivity index (χ1v) is 7.39. The number of piperidine rings is 1. The average molecular weight is 292 g/mol. The molecular formula is C16H24N2O3. The minimum Gasteiger partial charge on any atom is -0.462 e. The van der Waals surface area contributed by atoms with Crippen LogP contribution in [0.3, 0.4) is 0 Å². The summed E-state index contributed by atoms with van der Waals surface area (Å²) in [5.41, 5.74) is 0.845. The van der Waals surface area contributed by atoms with Gasteiger partial charge in [0.1, 0.15) is 0 Å². The van der Waals surface area contributed by atoms with Crippen LogP contribution in [0.15, 0.2) is 24.3 Å². The van der Waals surface area contributed by atoms with Crippen molar-refractivity contribution in [3.8, 4) is 0 Å². The van der Waals surface area contributed by atoms with Gasteiger partial charge in [-0.3, -0.25) is 4.79 Å². The van der Waals surface area contributed by atoms with Gasteiger partial charge in [-0.05, 0) is 45.0 Å². The molecule has 1 aromatic rings. The number of anilines is 1. The third kappa shape index (κ3) is 6.90. The van der Waals surface area contributed by atoms with Gasteiger partial charge in [0, 0.05) is 6.92 Å². The first-order chi connectivity index (χ1) is 10.1. The summed E-state index contributed by atoms with van der Waals surface area (Å²) < 4.78 is 4.86. The molecule has 1 saturated heterocycles. The van der Waals surface area contributed by atoms with Gasteiger partial charge in [-0.25, -0.2) is 4.79 Å². The maximum atomic E-state index is 11.5. The van der Waals surface area contributed by atoms with Gasteiger partial charge in [0.15, 0.2) is 0 Å². The van der Waals surface area contributed by atoms with Gasteiger partial charge in [-0.1, -0.05) is 18.6 Å². The molecule has 5 nitrogen and oxygen atoms in total. The fraction of sp³-hybridized carbons (Fsp3) is 0.500. The highest BCUT2D eigenvalue weighted by molar-refractivity contribution is 6.00. The summed E-state index contributed by atoms with van der Waals surface area (Å²) in [6.45, 7) is 5.94. The van der Waals surface area contributed by atoms with E-state index < -0.39 is 5.97 Å². The fourth-order valence-electron chi connectivity index (χ4n) is 1.97. The van der Waals surface area contributed by atoms with Crippen molar-refractivity contribution in [3.05, 3.63) is 29.8 Å². The zero-order chi connectivity index (χ0) is 15.5. The van der Waals surface area contributed by atoms with Crippen LogP contribution in [0.5, 0.6) is 0 Å². The summed E-state index contributed by atoms with van der Waals surface area (Å²) >= 11 is 0. The Morgan fingerprint density at radius 3 is 2.33 bits per heavy atom. The Kier molecular flexibility index (Phi) is 8.12. The van der Waals surface area contributed by atoms with Crippen molar-refractivity contribution in [2.24, 2.45) is 0 Å². The lowest BCUT2D eigenvalue weighted by atomic mass is 10.2. The summed E-state index contributed by atoms with van der Waals surface area (Å²) in [4.78, 5) is 22.4. The molecule has 1 aromatic carbocycles. The SMILES string of the molecule is C1CCNCC1.CCOC(=O)c1ccccc1NC(C)=O. The summed E-state index contributed by atoms with van der Waals surface area (Å²) in [5.74, 6) is -0.645. The Balaban J connectivity index is 0.000000304. The number of ether oxygens (including phenoxy) is 1. The van der Waals surface area contributed by atoms with Crippen LogP contribution in [-0.4, -0.2) is 31.6 Å². The highest BCUT2D eigenvalue weighted by Crippen LogP contribution is 2.15. The summed E-state index contributed by atoms with van der Waals surface area (Å²) in [6.07, 6.45) is 4.22. The van der Waals surface area contributed by atoms with Gasteiger partial charge >= 0.3 is 5.97 Å². The zero-order valence-corrected chi connectivity index (χ0v) is 12.8. The highest BCUT2D eigenvalue weighted by Gasteiger charge is 2.11. The van der Waals surface area contributed by atoms with Crippen molar-refractivity contribution >= 4 is 17.6 Å². The molecule has 21 heavy (non-hydrogen) atoms. The predicted molar refractivity (Wildman–Crippen MR) is 83.4 cm³/mol. The molecule has 1 amide bonds. The molecule has 0 unspecified atom stereocenters. The number of carbonyl (C=O) groups is 2. The number of amides is 1. The molecule has 5 heteroatoms. The van der Waals surface area contributed by atoms with E-state index in [0.717, 1.165) is 0 Å². The molecule has 0 aromatic heterocycles. The van der Waals surface area contributed by atoms with Crippen LogP contribution in [-0.2, 0) is 9.53 Å². The van der Waals surface area contributed by atoms with Gasteiger partial charge < -0.3 is 15.4 Å². The van der Waals surface area contributed by atoms with Crippen molar-refractivity contribution in [1.82, 2.24) is 5.32 Å². The van der Waals surface area contributed by atoms with Gasteiger partial charge in [-0.15, -0.1) is 0 Å². The second-order valence-corrected chi connectivity index (χ2v) is 4.76. The molecule has 1 heterocycles. The fourth-order valence-corrected chi connectivity index (χ4v) is 1.97. The molecule has 0 bridgehead atoms. The number of hydrogen-bond donors (Lipinski definition) is 2. The molecule has 116 valence electrons. The quantitative estimate of drug-likeness (QED) is 0.840. The maximum Gasteiger partial charge on any atom is 0.340 e. The molecule has 1 fully saturated rings. The largest absolute Gasteiger partial charge is 0.462 e. The monoisotopic (exact) mass is 292 g/mol. The van der Waals surface area contributed by atoms with E-state index in [0.29, 0.717) is 17.9 Å². The lowest BCUT2D eigenvalue weighted by Gasteiger charge is -2.08. The van der Waals surface area contributed by atoms with Crippen LogP contribution in [0, 0.1) is 0 Å². The number of esters is 1. The highest BCUT2D eigenvalue weighted by atomic mass is 16.5. The van der Waals surface area contributed by atoms with Gasteiger partial charge in [-0.2, -0.15) is 0 Å². The average Bonchev–Trinajstić information content (AvgIpc) is 2.50. The Labute approximate surface area is 126 Å². The second-order valence-electron chi connectivity index (χ2n) is 4.76. The third-order valence-corrected chi connectivity index (χ3v) is 2.94. The van der Waals surface area contributed by atoms with E-state index >= 15 is 0 Å². The molecule has 0 aliphatic carbocycles. The standard InChI is InChI=1S/C11H13NO3.C5H11N/c1-3-15-11(14)9-6-4-5-7-10(9)12-8(2)13;1-2-4-6-5-3-1/h4-7H,3H2,1-2H3,(H,12,13);6H,1-5H2. The third-order valence-electron chi connectivity index (χ3n) is 2.94. The molecule has 0 radical (unpaired) electrons. The minimum atomic E-state index is -0.429. The Morgan fingerprint density at radius 1 is 1.19 bits per heavy atom. The molecule has 0 saturated carbocycles. The Morgan fingerprint density at radius 2 is 1.86 bits per heavy atom. The Bertz CT molecular complexity index is 445. The molecule has 1 aliphatic heterocycles. The molecule has 1 aliphatic rings. The van der Waals surface area contributed by atoms with Crippen LogP contribution < -0.4 is 10.6 Å². The van der Waals surface area contributed by atoms with Crippen molar-refractivity contribution in [2.45, 2.75) is 33.1 Å². The van der Waals surface area contributed by atoms with Gasteiger partial charge in [0.2, 0.25) is 5.91 Å². The second kappa shape index (κ2) is 9.94. The van der Waals surface area contributed by atoms with E-state index in [2.05, 4.69) is 10.6 Å². The predicted octanol–water partition coefficient (Wildman–Crippen LogP) is 2.58. The molecule has 0 atom stereocenters. The van der Waals surface area contributed by atoms with Crippen LogP contribution in [0.4, 0.5) is 5.69 Å². The number of rotatable bonds is 3. The lowest BCUT2D eigenvalue weighted by Crippen LogP contribution is -2.21. The first-order valence-electron chi connectivity index (χ1n) is 7.39. The number of carbonyl (C=O) groups excluding carboxylic acids is 2. The lowest BCUT2D eigenvalue weighted by molar-refractivity contribution is -0.114. The van der Waals surface area contributed by atoms with Crippen LogP contribution in [0.1, 0.15) is 43.5 Å². The van der Waals surface area contributed by atoms with Crippen molar-refractivity contribution in [3.63, 3.8) is 0 Å². The van der Waals surface area contributed by atoms with Crippen LogP contribution >= 0.6 is 0 Å². The number of para-hydroxylation sites is 1. The van der Waals surface area contributed by atoms with Crippen molar-refractivity contribution < 1.29 is 14.3 Å². The van der Waals surface area contributed by atoms with Crippen LogP contribution in [0.25, 0.3) is 0 Å². The number of benzene rings is 1. The number of hydrogen-bond acceptors (Lipinski definition) is 4. The van der Waals surface area contributed by atoms with Crippen molar-refractivity contribution in [1.29, 1.82) is 0 Å². The summed E-state index contributed by atoms with van der Waals surface area (Å²) in [7, 11) is 0. The van der Waals surface area contributed by atoms with E-state index in [9.17, 15) is 9.59 Å². The molecule has 2 rings (SSSR count). The normalized spacial score (nSPS) is 13.6. The minimum absolute atomic E-state index is 0.216. The summed E-state index contributed by atoms with van der Waals surface area (Å²) in [6, 6.07) is 6.74. The first kappa shape index (κ1) is 17.2. The van der Waals surface area contributed by atoms with E-state index in [1.165, 1.54) is 39.3 Å². The van der Waals surface area contributed by atoms with Crippen molar-refractivity contribution in [2.75, 3.05) is 25.0 Å². The molecular weight excluding hydrogens is 268 g/mol. The van der Waals surface area contributed by atoms with E-state index in [4.69, 9.17) is 4.74 Å². The molecule has 2 N–H and O–H groups in total. The number of nitrogens with one attached hydrogen (secondary N) is 2. The van der Waals surface area contributed by atoms with E-state index in [1.807, 2.05) is 0 Å². The topological polar surface area (TPSA) is 67.4 Å². The van der Waals surface area contributed by atoms with Crippen LogP contribution in [0.2, 0.25) is 0 Å². The van der Waals surface area contributed by atoms with Gasteiger partial charge in [0.25, 0.3) is 0 Å². The van der Waals surface area contributed by atoms with E-state index in [1.54, 1.807) is 31.2 Å². The molecule has 0 spiro atoms.